The number of hydrazine groups is 1. The Labute approximate surface area is 161 Å². The summed E-state index contributed by atoms with van der Waals surface area (Å²) in [5.74, 6) is -0.179. The van der Waals surface area contributed by atoms with Gasteiger partial charge in [-0.05, 0) is 49.6 Å². The van der Waals surface area contributed by atoms with Gasteiger partial charge < -0.3 is 9.91 Å². The van der Waals surface area contributed by atoms with Gasteiger partial charge in [-0.15, -0.1) is 0 Å². The number of hydrogen-bond acceptors (Lipinski definition) is 3. The van der Waals surface area contributed by atoms with E-state index >= 15 is 0 Å². The molecule has 3 rings (SSSR count). The van der Waals surface area contributed by atoms with Crippen molar-refractivity contribution >= 4 is 11.6 Å². The van der Waals surface area contributed by atoms with Crippen LogP contribution in [0, 0.1) is 5.82 Å². The zero-order valence-electron chi connectivity index (χ0n) is 16.1. The van der Waals surface area contributed by atoms with E-state index in [4.69, 9.17) is 0 Å². The Kier molecular flexibility index (Phi) is 6.45. The summed E-state index contributed by atoms with van der Waals surface area (Å²) in [5.41, 5.74) is 2.06. The number of amides is 1. The van der Waals surface area contributed by atoms with E-state index < -0.39 is 0 Å². The van der Waals surface area contributed by atoms with Crippen LogP contribution in [0.5, 0.6) is 0 Å². The summed E-state index contributed by atoms with van der Waals surface area (Å²) in [6, 6.07) is 16.9. The van der Waals surface area contributed by atoms with Crippen LogP contribution in [0.4, 0.5) is 10.1 Å². The van der Waals surface area contributed by atoms with E-state index in [2.05, 4.69) is 41.2 Å². The zero-order valence-corrected chi connectivity index (χ0v) is 16.1. The van der Waals surface area contributed by atoms with Crippen LogP contribution in [0.25, 0.3) is 0 Å². The first kappa shape index (κ1) is 19.4. The predicted molar refractivity (Wildman–Crippen MR) is 107 cm³/mol. The number of nitrogens with zero attached hydrogens (tertiary/aromatic N) is 3. The summed E-state index contributed by atoms with van der Waals surface area (Å²) in [7, 11) is 1.89. The maximum atomic E-state index is 13.0. The third-order valence-corrected chi connectivity index (χ3v) is 5.35. The van der Waals surface area contributed by atoms with Gasteiger partial charge in [0.05, 0.1) is 12.1 Å². The molecule has 0 saturated carbocycles. The molecule has 0 bridgehead atoms. The van der Waals surface area contributed by atoms with E-state index in [0.29, 0.717) is 6.42 Å². The van der Waals surface area contributed by atoms with E-state index in [1.807, 2.05) is 18.0 Å². The number of para-hydroxylation sites is 1. The molecule has 0 radical (unpaired) electrons. The third kappa shape index (κ3) is 4.86. The Morgan fingerprint density at radius 1 is 1.07 bits per heavy atom. The van der Waals surface area contributed by atoms with Crippen LogP contribution < -0.4 is 5.01 Å². The molecule has 0 atom stereocenters. The van der Waals surface area contributed by atoms with Gasteiger partial charge in [0, 0.05) is 32.7 Å². The standard InChI is InChI=1S/C22H28FN3O/c1-3-26(21-7-5-4-6-8-21)25-15-13-20(14-16-25)24(2)22(27)17-18-9-11-19(23)12-10-18/h4-12,20H,3,13-17H2,1-2H3. The fraction of sp³-hybridized carbons (Fsp3) is 0.409. The van der Waals surface area contributed by atoms with Crippen LogP contribution in [0.15, 0.2) is 54.6 Å². The first-order chi connectivity index (χ1) is 13.1. The minimum Gasteiger partial charge on any atom is -0.342 e. The van der Waals surface area contributed by atoms with Crippen LogP contribution in [0.2, 0.25) is 0 Å². The summed E-state index contributed by atoms with van der Waals surface area (Å²) in [6.07, 6.45) is 2.23. The largest absolute Gasteiger partial charge is 0.342 e. The molecular weight excluding hydrogens is 341 g/mol. The van der Waals surface area contributed by atoms with Crippen molar-refractivity contribution in [2.24, 2.45) is 0 Å². The van der Waals surface area contributed by atoms with Crippen LogP contribution in [0.3, 0.4) is 0 Å². The van der Waals surface area contributed by atoms with Crippen molar-refractivity contribution in [3.8, 4) is 0 Å². The van der Waals surface area contributed by atoms with Gasteiger partial charge in [-0.25, -0.2) is 9.40 Å². The van der Waals surface area contributed by atoms with E-state index in [-0.39, 0.29) is 17.8 Å². The molecule has 5 heteroatoms. The Morgan fingerprint density at radius 3 is 2.30 bits per heavy atom. The van der Waals surface area contributed by atoms with Crippen LogP contribution in [-0.2, 0) is 11.2 Å². The van der Waals surface area contributed by atoms with Gasteiger partial charge in [0.15, 0.2) is 0 Å². The molecule has 0 unspecified atom stereocenters. The molecular formula is C22H28FN3O. The highest BCUT2D eigenvalue weighted by molar-refractivity contribution is 5.78. The number of rotatable bonds is 6. The van der Waals surface area contributed by atoms with Gasteiger partial charge >= 0.3 is 0 Å². The number of anilines is 1. The molecule has 1 amide bonds. The molecule has 2 aromatic rings. The number of likely N-dealkylation sites (N-methyl/N-ethyl adjacent to an activating group) is 1. The average molecular weight is 369 g/mol. The van der Waals surface area contributed by atoms with E-state index in [0.717, 1.165) is 38.0 Å². The molecule has 1 aliphatic rings. The van der Waals surface area contributed by atoms with Crippen molar-refractivity contribution in [1.29, 1.82) is 0 Å². The maximum Gasteiger partial charge on any atom is 0.226 e. The van der Waals surface area contributed by atoms with Crippen molar-refractivity contribution in [1.82, 2.24) is 9.91 Å². The lowest BCUT2D eigenvalue weighted by Gasteiger charge is -2.42. The summed E-state index contributed by atoms with van der Waals surface area (Å²) in [4.78, 5) is 14.5. The number of carbonyl (C=O) groups is 1. The monoisotopic (exact) mass is 369 g/mol. The number of halogens is 1. The quantitative estimate of drug-likeness (QED) is 0.776. The molecule has 1 saturated heterocycles. The molecule has 4 nitrogen and oxygen atoms in total. The average Bonchev–Trinajstić information content (AvgIpc) is 2.71. The molecule has 1 heterocycles. The Balaban J connectivity index is 1.54. The van der Waals surface area contributed by atoms with Crippen molar-refractivity contribution in [2.45, 2.75) is 32.2 Å². The van der Waals surface area contributed by atoms with Gasteiger partial charge in [0.25, 0.3) is 0 Å². The second-order valence-corrected chi connectivity index (χ2v) is 7.04. The highest BCUT2D eigenvalue weighted by Crippen LogP contribution is 2.22. The maximum absolute atomic E-state index is 13.0. The smallest absolute Gasteiger partial charge is 0.226 e. The fourth-order valence-corrected chi connectivity index (χ4v) is 3.73. The lowest BCUT2D eigenvalue weighted by molar-refractivity contribution is -0.132. The first-order valence-corrected chi connectivity index (χ1v) is 9.66. The number of carbonyl (C=O) groups excluding carboxylic acids is 1. The Morgan fingerprint density at radius 2 is 1.70 bits per heavy atom. The van der Waals surface area contributed by atoms with Gasteiger partial charge in [-0.3, -0.25) is 4.79 Å². The second kappa shape index (κ2) is 9.00. The highest BCUT2D eigenvalue weighted by atomic mass is 19.1. The SMILES string of the molecule is CCN(c1ccccc1)N1CCC(N(C)C(=O)Cc2ccc(F)cc2)CC1. The molecule has 0 spiro atoms. The van der Waals surface area contributed by atoms with Gasteiger partial charge in [0.2, 0.25) is 5.91 Å². The lowest BCUT2D eigenvalue weighted by Crippen LogP contribution is -2.52. The fourth-order valence-electron chi connectivity index (χ4n) is 3.73. The van der Waals surface area contributed by atoms with Crippen molar-refractivity contribution < 1.29 is 9.18 Å². The molecule has 27 heavy (non-hydrogen) atoms. The third-order valence-electron chi connectivity index (χ3n) is 5.35. The summed E-state index contributed by atoms with van der Waals surface area (Å²) in [6.45, 7) is 4.95. The molecule has 0 N–H and O–H groups in total. The molecule has 144 valence electrons. The van der Waals surface area contributed by atoms with Crippen molar-refractivity contribution in [3.05, 3.63) is 66.0 Å². The Hall–Kier alpha value is -2.40. The molecule has 0 aliphatic carbocycles. The summed E-state index contributed by atoms with van der Waals surface area (Å²) in [5, 5.41) is 4.70. The first-order valence-electron chi connectivity index (χ1n) is 9.66. The van der Waals surface area contributed by atoms with Crippen LogP contribution in [0.1, 0.15) is 25.3 Å². The van der Waals surface area contributed by atoms with E-state index in [1.165, 1.54) is 17.8 Å². The van der Waals surface area contributed by atoms with E-state index in [9.17, 15) is 9.18 Å². The molecule has 1 aliphatic heterocycles. The Bertz CT molecular complexity index is 727. The van der Waals surface area contributed by atoms with Gasteiger partial charge in [-0.1, -0.05) is 30.3 Å². The topological polar surface area (TPSA) is 26.8 Å². The zero-order chi connectivity index (χ0) is 19.2. The minimum atomic E-state index is -0.272. The number of hydrogen-bond donors (Lipinski definition) is 0. The summed E-state index contributed by atoms with van der Waals surface area (Å²) >= 11 is 0. The molecule has 2 aromatic carbocycles. The lowest BCUT2D eigenvalue weighted by atomic mass is 10.0. The second-order valence-electron chi connectivity index (χ2n) is 7.04. The van der Waals surface area contributed by atoms with Gasteiger partial charge in [0.1, 0.15) is 5.82 Å². The van der Waals surface area contributed by atoms with Crippen molar-refractivity contribution in [2.75, 3.05) is 31.7 Å². The number of piperidine rings is 1. The highest BCUT2D eigenvalue weighted by Gasteiger charge is 2.27. The van der Waals surface area contributed by atoms with Gasteiger partial charge in [-0.2, -0.15) is 0 Å². The van der Waals surface area contributed by atoms with E-state index in [1.54, 1.807) is 12.1 Å². The minimum absolute atomic E-state index is 0.0930. The summed E-state index contributed by atoms with van der Waals surface area (Å²) < 4.78 is 13.0. The van der Waals surface area contributed by atoms with Crippen LogP contribution in [-0.4, -0.2) is 48.5 Å². The molecule has 1 fully saturated rings. The van der Waals surface area contributed by atoms with Crippen LogP contribution >= 0.6 is 0 Å². The normalized spacial score (nSPS) is 15.5. The number of benzene rings is 2. The van der Waals surface area contributed by atoms with Crippen molar-refractivity contribution in [3.63, 3.8) is 0 Å². The predicted octanol–water partition coefficient (Wildman–Crippen LogP) is 3.73. The molecule has 0 aromatic heterocycles.